The van der Waals surface area contributed by atoms with E-state index in [1.807, 2.05) is 0 Å². The zero-order chi connectivity index (χ0) is 13.0. The molecular weight excluding hydrogens is 271 g/mol. The molecule has 4 nitrogen and oxygen atoms in total. The number of hydrazine groups is 1. The highest BCUT2D eigenvalue weighted by Gasteiger charge is 2.15. The Kier molecular flexibility index (Phi) is 4.92. The van der Waals surface area contributed by atoms with Crippen LogP contribution >= 0.6 is 23.2 Å². The van der Waals surface area contributed by atoms with Gasteiger partial charge in [0.1, 0.15) is 5.82 Å². The average molecular weight is 289 g/mol. The Morgan fingerprint density at radius 1 is 1.22 bits per heavy atom. The molecule has 0 aromatic carbocycles. The molecule has 1 aliphatic carbocycles. The molecule has 1 aromatic rings. The third-order valence-electron chi connectivity index (χ3n) is 3.39. The summed E-state index contributed by atoms with van der Waals surface area (Å²) in [7, 11) is 0. The number of nitrogens with two attached hydrogens (primary N) is 1. The minimum Gasteiger partial charge on any atom is -0.369 e. The predicted octanol–water partition coefficient (Wildman–Crippen LogP) is 3.67. The summed E-state index contributed by atoms with van der Waals surface area (Å²) < 4.78 is 0. The van der Waals surface area contributed by atoms with Gasteiger partial charge in [-0.3, -0.25) is 0 Å². The number of hydrogen-bond donors (Lipinski definition) is 3. The lowest BCUT2D eigenvalue weighted by molar-refractivity contribution is 0.518. The van der Waals surface area contributed by atoms with E-state index in [0.29, 0.717) is 21.7 Å². The Balaban J connectivity index is 1.91. The Morgan fingerprint density at radius 3 is 2.56 bits per heavy atom. The van der Waals surface area contributed by atoms with E-state index < -0.39 is 0 Å². The monoisotopic (exact) mass is 288 g/mol. The first-order valence-electron chi connectivity index (χ1n) is 6.27. The van der Waals surface area contributed by atoms with Gasteiger partial charge in [0, 0.05) is 6.54 Å². The van der Waals surface area contributed by atoms with Crippen LogP contribution in [0.3, 0.4) is 0 Å². The van der Waals surface area contributed by atoms with Gasteiger partial charge in [-0.25, -0.2) is 10.8 Å². The highest BCUT2D eigenvalue weighted by molar-refractivity contribution is 6.37. The molecule has 0 aliphatic heterocycles. The average Bonchev–Trinajstić information content (AvgIpc) is 2.85. The van der Waals surface area contributed by atoms with Gasteiger partial charge < -0.3 is 10.7 Å². The van der Waals surface area contributed by atoms with Crippen LogP contribution in [0.5, 0.6) is 0 Å². The van der Waals surface area contributed by atoms with E-state index in [-0.39, 0.29) is 0 Å². The number of pyridine rings is 1. The van der Waals surface area contributed by atoms with Crippen LogP contribution in [0.4, 0.5) is 11.6 Å². The molecule has 18 heavy (non-hydrogen) atoms. The van der Waals surface area contributed by atoms with Crippen LogP contribution < -0.4 is 16.6 Å². The number of aromatic nitrogens is 1. The molecule has 0 atom stereocenters. The molecule has 0 spiro atoms. The van der Waals surface area contributed by atoms with Gasteiger partial charge >= 0.3 is 0 Å². The first-order chi connectivity index (χ1) is 8.70. The predicted molar refractivity (Wildman–Crippen MR) is 77.1 cm³/mol. The molecule has 100 valence electrons. The van der Waals surface area contributed by atoms with Gasteiger partial charge in [-0.05, 0) is 18.4 Å². The minimum atomic E-state index is 0.420. The second-order valence-corrected chi connectivity index (χ2v) is 5.47. The number of anilines is 2. The van der Waals surface area contributed by atoms with E-state index in [1.165, 1.54) is 25.7 Å². The molecule has 4 N–H and O–H groups in total. The number of hydrogen-bond acceptors (Lipinski definition) is 4. The normalized spacial score (nSPS) is 15.9. The largest absolute Gasteiger partial charge is 0.369 e. The van der Waals surface area contributed by atoms with E-state index in [4.69, 9.17) is 29.0 Å². The van der Waals surface area contributed by atoms with Crippen molar-refractivity contribution in [2.24, 2.45) is 11.8 Å². The van der Waals surface area contributed by atoms with Crippen molar-refractivity contribution in [3.8, 4) is 0 Å². The summed E-state index contributed by atoms with van der Waals surface area (Å²) in [5.74, 6) is 7.24. The third-order valence-corrected chi connectivity index (χ3v) is 3.96. The van der Waals surface area contributed by atoms with Crippen molar-refractivity contribution >= 4 is 34.8 Å². The second kappa shape index (κ2) is 6.45. The van der Waals surface area contributed by atoms with E-state index in [1.54, 1.807) is 6.07 Å². The molecule has 0 unspecified atom stereocenters. The topological polar surface area (TPSA) is 63.0 Å². The van der Waals surface area contributed by atoms with Gasteiger partial charge in [0.2, 0.25) is 0 Å². The van der Waals surface area contributed by atoms with Crippen molar-refractivity contribution in [2.75, 3.05) is 17.3 Å². The van der Waals surface area contributed by atoms with Crippen LogP contribution in [-0.4, -0.2) is 11.5 Å². The SMILES string of the molecule is NNc1nc(NCCC2CCCC2)c(Cl)cc1Cl. The summed E-state index contributed by atoms with van der Waals surface area (Å²) in [5.41, 5.74) is 2.45. The summed E-state index contributed by atoms with van der Waals surface area (Å²) in [4.78, 5) is 4.24. The van der Waals surface area contributed by atoms with Crippen LogP contribution in [0, 0.1) is 5.92 Å². The highest BCUT2D eigenvalue weighted by Crippen LogP contribution is 2.30. The maximum Gasteiger partial charge on any atom is 0.161 e. The quantitative estimate of drug-likeness (QED) is 0.571. The molecule has 1 aromatic heterocycles. The van der Waals surface area contributed by atoms with E-state index in [9.17, 15) is 0 Å². The molecule has 0 radical (unpaired) electrons. The zero-order valence-corrected chi connectivity index (χ0v) is 11.7. The lowest BCUT2D eigenvalue weighted by atomic mass is 10.0. The number of nitrogens with one attached hydrogen (secondary N) is 2. The molecule has 1 heterocycles. The molecule has 0 amide bonds. The van der Waals surface area contributed by atoms with Gasteiger partial charge in [0.05, 0.1) is 10.0 Å². The van der Waals surface area contributed by atoms with Crippen molar-refractivity contribution in [1.82, 2.24) is 4.98 Å². The van der Waals surface area contributed by atoms with Crippen LogP contribution in [0.25, 0.3) is 0 Å². The van der Waals surface area contributed by atoms with E-state index in [0.717, 1.165) is 18.9 Å². The first-order valence-corrected chi connectivity index (χ1v) is 7.03. The fourth-order valence-electron chi connectivity index (χ4n) is 2.39. The van der Waals surface area contributed by atoms with Crippen LogP contribution in [0.1, 0.15) is 32.1 Å². The maximum atomic E-state index is 6.08. The Hall–Kier alpha value is -0.710. The fraction of sp³-hybridized carbons (Fsp3) is 0.583. The van der Waals surface area contributed by atoms with Crippen LogP contribution in [-0.2, 0) is 0 Å². The lowest BCUT2D eigenvalue weighted by Crippen LogP contribution is -2.12. The molecular formula is C12H18Cl2N4. The number of rotatable bonds is 5. The van der Waals surface area contributed by atoms with Gasteiger partial charge in [-0.2, -0.15) is 0 Å². The summed E-state index contributed by atoms with van der Waals surface area (Å²) in [5, 5.41) is 4.18. The van der Waals surface area contributed by atoms with Crippen molar-refractivity contribution in [3.05, 3.63) is 16.1 Å². The lowest BCUT2D eigenvalue weighted by Gasteiger charge is -2.12. The maximum absolute atomic E-state index is 6.08. The van der Waals surface area contributed by atoms with Crippen molar-refractivity contribution < 1.29 is 0 Å². The third kappa shape index (κ3) is 3.40. The molecule has 2 rings (SSSR count). The molecule has 0 saturated heterocycles. The van der Waals surface area contributed by atoms with Crippen molar-refractivity contribution in [2.45, 2.75) is 32.1 Å². The molecule has 1 aliphatic rings. The smallest absolute Gasteiger partial charge is 0.161 e. The van der Waals surface area contributed by atoms with E-state index in [2.05, 4.69) is 15.7 Å². The number of nitrogen functional groups attached to an aromatic ring is 1. The molecule has 0 bridgehead atoms. The highest BCUT2D eigenvalue weighted by atomic mass is 35.5. The molecule has 1 fully saturated rings. The number of halogens is 2. The minimum absolute atomic E-state index is 0.420. The van der Waals surface area contributed by atoms with Gasteiger partial charge in [-0.15, -0.1) is 0 Å². The zero-order valence-electron chi connectivity index (χ0n) is 10.2. The summed E-state index contributed by atoms with van der Waals surface area (Å²) in [6.45, 7) is 0.878. The van der Waals surface area contributed by atoms with Gasteiger partial charge in [-0.1, -0.05) is 48.9 Å². The Morgan fingerprint density at radius 2 is 1.89 bits per heavy atom. The Bertz CT molecular complexity index is 405. The summed E-state index contributed by atoms with van der Waals surface area (Å²) in [6, 6.07) is 1.64. The van der Waals surface area contributed by atoms with Crippen LogP contribution in [0.2, 0.25) is 10.0 Å². The molecule has 6 heteroatoms. The van der Waals surface area contributed by atoms with Crippen molar-refractivity contribution in [1.29, 1.82) is 0 Å². The summed E-state index contributed by atoms with van der Waals surface area (Å²) in [6.07, 6.45) is 6.59. The number of nitrogens with zero attached hydrogens (tertiary/aromatic N) is 1. The van der Waals surface area contributed by atoms with Gasteiger partial charge in [0.15, 0.2) is 5.82 Å². The second-order valence-electron chi connectivity index (χ2n) is 4.66. The van der Waals surface area contributed by atoms with E-state index >= 15 is 0 Å². The van der Waals surface area contributed by atoms with Crippen LogP contribution in [0.15, 0.2) is 6.07 Å². The summed E-state index contributed by atoms with van der Waals surface area (Å²) >= 11 is 12.0. The van der Waals surface area contributed by atoms with Gasteiger partial charge in [0.25, 0.3) is 0 Å². The standard InChI is InChI=1S/C12H18Cl2N4/c13-9-7-10(14)12(18-15)17-11(9)16-6-5-8-3-1-2-4-8/h7-8H,1-6,15H2,(H2,16,17,18). The molecule has 1 saturated carbocycles. The first kappa shape index (κ1) is 13.7. The van der Waals surface area contributed by atoms with Crippen molar-refractivity contribution in [3.63, 3.8) is 0 Å². The Labute approximate surface area is 117 Å². The fourth-order valence-corrected chi connectivity index (χ4v) is 2.87.